The standard InChI is InChI=1S/C3H7NO2S2/c4-2(1-8-7)3(5)6/h2,7H,1,4H2,(H,5,6)/p+1. The van der Waals surface area contributed by atoms with E-state index in [0.717, 1.165) is 0 Å². The second kappa shape index (κ2) is 4.05. The number of rotatable bonds is 3. The Morgan fingerprint density at radius 1 is 2.00 bits per heavy atom. The molecule has 0 fully saturated rings. The van der Waals surface area contributed by atoms with Crippen molar-refractivity contribution in [3.05, 3.63) is 0 Å². The monoisotopic (exact) mass is 154 g/mol. The highest BCUT2D eigenvalue weighted by molar-refractivity contribution is 8.59. The number of carboxylic acid groups (broad SMARTS) is 1. The topological polar surface area (TPSA) is 63.3 Å². The summed E-state index contributed by atoms with van der Waals surface area (Å²) < 4.78 is 0. The van der Waals surface area contributed by atoms with Crippen molar-refractivity contribution < 1.29 is 9.90 Å². The number of hydrogen-bond acceptors (Lipinski definition) is 3. The lowest BCUT2D eigenvalue weighted by molar-refractivity contribution is -0.137. The largest absolute Gasteiger partial charge is 0.480 e. The minimum absolute atomic E-state index is 0.395. The Kier molecular flexibility index (Phi) is 4.12. The fourth-order valence-electron chi connectivity index (χ4n) is 0.161. The maximum atomic E-state index is 9.93. The molecular weight excluding hydrogens is 146 g/mol. The molecule has 0 aromatic carbocycles. The molecule has 3 N–H and O–H groups in total. The molecule has 0 amide bonds. The molecule has 0 aliphatic rings. The maximum absolute atomic E-state index is 9.93. The van der Waals surface area contributed by atoms with Gasteiger partial charge in [-0.2, -0.15) is 0 Å². The van der Waals surface area contributed by atoms with E-state index in [9.17, 15) is 4.79 Å². The summed E-state index contributed by atoms with van der Waals surface area (Å²) in [6, 6.07) is -0.752. The van der Waals surface area contributed by atoms with Crippen molar-refractivity contribution in [1.29, 1.82) is 0 Å². The van der Waals surface area contributed by atoms with Crippen LogP contribution < -0.4 is 5.73 Å². The summed E-state index contributed by atoms with van der Waals surface area (Å²) in [4.78, 5) is 9.93. The van der Waals surface area contributed by atoms with Crippen LogP contribution in [0.4, 0.5) is 0 Å². The van der Waals surface area contributed by atoms with Crippen molar-refractivity contribution in [1.82, 2.24) is 0 Å². The summed E-state index contributed by atoms with van der Waals surface area (Å²) in [5.41, 5.74) is 5.08. The van der Waals surface area contributed by atoms with Crippen LogP contribution in [0.25, 0.3) is 0 Å². The quantitative estimate of drug-likeness (QED) is 0.407. The van der Waals surface area contributed by atoms with Gasteiger partial charge in [0, 0.05) is 11.7 Å². The minimum Gasteiger partial charge on any atom is -0.480 e. The van der Waals surface area contributed by atoms with Crippen LogP contribution in [0.15, 0.2) is 0 Å². The third-order valence-electron chi connectivity index (χ3n) is 0.580. The second-order valence-corrected chi connectivity index (χ2v) is 2.74. The Morgan fingerprint density at radius 3 is 2.62 bits per heavy atom. The molecule has 8 heavy (non-hydrogen) atoms. The molecule has 0 aromatic rings. The molecule has 3 nitrogen and oxygen atoms in total. The van der Waals surface area contributed by atoms with Gasteiger partial charge in [-0.3, -0.25) is 4.79 Å². The molecule has 0 radical (unpaired) electrons. The molecule has 0 spiro atoms. The summed E-state index contributed by atoms with van der Waals surface area (Å²) in [6.45, 7) is 0. The molecule has 0 aliphatic heterocycles. The van der Waals surface area contributed by atoms with Crippen LogP contribution in [0.2, 0.25) is 0 Å². The SMILES string of the molecule is NC(CS[SH2+])C(=O)O. The highest BCUT2D eigenvalue weighted by atomic mass is 33.1. The zero-order valence-corrected chi connectivity index (χ0v) is 5.94. The lowest BCUT2D eigenvalue weighted by Crippen LogP contribution is -2.32. The lowest BCUT2D eigenvalue weighted by atomic mass is 10.4. The summed E-state index contributed by atoms with van der Waals surface area (Å²) >= 11 is 3.03. The molecule has 48 valence electrons. The molecule has 0 saturated carbocycles. The first-order chi connectivity index (χ1) is 3.68. The summed E-state index contributed by atoms with van der Waals surface area (Å²) in [5, 5.41) is 8.15. The van der Waals surface area contributed by atoms with E-state index in [1.807, 2.05) is 0 Å². The van der Waals surface area contributed by atoms with Crippen LogP contribution in [0.3, 0.4) is 0 Å². The molecular formula is C3H8NO2S2+. The predicted octanol–water partition coefficient (Wildman–Crippen LogP) is -0.942. The molecule has 0 aliphatic carbocycles. The fraction of sp³-hybridized carbons (Fsp3) is 0.667. The highest BCUT2D eigenvalue weighted by Gasteiger charge is 2.11. The van der Waals surface area contributed by atoms with E-state index in [2.05, 4.69) is 11.7 Å². The van der Waals surface area contributed by atoms with E-state index in [1.165, 1.54) is 10.8 Å². The fourth-order valence-corrected chi connectivity index (χ4v) is 1.02. The van der Waals surface area contributed by atoms with Gasteiger partial charge in [0.1, 0.15) is 6.04 Å². The molecule has 1 atom stereocenters. The van der Waals surface area contributed by atoms with Crippen molar-refractivity contribution in [3.8, 4) is 0 Å². The number of carbonyl (C=O) groups is 1. The van der Waals surface area contributed by atoms with Crippen LogP contribution in [0.5, 0.6) is 0 Å². The molecule has 0 aromatic heterocycles. The summed E-state index contributed by atoms with van der Waals surface area (Å²) in [6.07, 6.45) is 0. The molecule has 0 bridgehead atoms. The van der Waals surface area contributed by atoms with E-state index < -0.39 is 12.0 Å². The van der Waals surface area contributed by atoms with Crippen molar-refractivity contribution >= 4 is 28.4 Å². The van der Waals surface area contributed by atoms with E-state index in [1.54, 1.807) is 0 Å². The van der Waals surface area contributed by atoms with Crippen molar-refractivity contribution in [2.24, 2.45) is 5.73 Å². The van der Waals surface area contributed by atoms with Gasteiger partial charge in [0.25, 0.3) is 0 Å². The van der Waals surface area contributed by atoms with Gasteiger partial charge in [0.15, 0.2) is 0 Å². The molecule has 0 saturated heterocycles. The van der Waals surface area contributed by atoms with E-state index >= 15 is 0 Å². The Morgan fingerprint density at radius 2 is 2.50 bits per heavy atom. The van der Waals surface area contributed by atoms with Crippen molar-refractivity contribution in [3.63, 3.8) is 0 Å². The first-order valence-corrected chi connectivity index (χ1v) is 4.16. The number of hydrogen-bond donors (Lipinski definition) is 2. The Labute approximate surface area is 56.4 Å². The van der Waals surface area contributed by atoms with Gasteiger partial charge >= 0.3 is 5.97 Å². The van der Waals surface area contributed by atoms with Crippen LogP contribution in [0.1, 0.15) is 0 Å². The average molecular weight is 154 g/mol. The van der Waals surface area contributed by atoms with E-state index in [0.29, 0.717) is 5.75 Å². The number of aliphatic carboxylic acids is 1. The van der Waals surface area contributed by atoms with Crippen LogP contribution in [0, 0.1) is 0 Å². The zero-order chi connectivity index (χ0) is 6.57. The first-order valence-electron chi connectivity index (χ1n) is 1.95. The van der Waals surface area contributed by atoms with Crippen molar-refractivity contribution in [2.45, 2.75) is 6.04 Å². The highest BCUT2D eigenvalue weighted by Crippen LogP contribution is 1.95. The predicted molar refractivity (Wildman–Crippen MR) is 38.2 cm³/mol. The van der Waals surface area contributed by atoms with Crippen molar-refractivity contribution in [2.75, 3.05) is 5.75 Å². The lowest BCUT2D eigenvalue weighted by Gasteiger charge is -1.96. The minimum atomic E-state index is -0.962. The molecule has 0 rings (SSSR count). The molecule has 0 heterocycles. The third kappa shape index (κ3) is 3.17. The Balaban J connectivity index is 3.32. The maximum Gasteiger partial charge on any atom is 0.321 e. The molecule has 1 unspecified atom stereocenters. The average Bonchev–Trinajstić information content (AvgIpc) is 1.67. The van der Waals surface area contributed by atoms with E-state index in [4.69, 9.17) is 10.8 Å². The van der Waals surface area contributed by atoms with Gasteiger partial charge in [-0.25, -0.2) is 0 Å². The normalized spacial score (nSPS) is 13.2. The van der Waals surface area contributed by atoms with Gasteiger partial charge in [-0.05, 0) is 0 Å². The molecule has 5 heteroatoms. The van der Waals surface area contributed by atoms with Crippen LogP contribution in [-0.2, 0) is 16.5 Å². The number of carboxylic acids is 1. The summed E-state index contributed by atoms with van der Waals surface area (Å²) in [7, 11) is 1.24. The zero-order valence-electron chi connectivity index (χ0n) is 4.13. The van der Waals surface area contributed by atoms with E-state index in [-0.39, 0.29) is 0 Å². The van der Waals surface area contributed by atoms with Gasteiger partial charge in [-0.15, -0.1) is 0 Å². The summed E-state index contributed by atoms with van der Waals surface area (Å²) in [5.74, 6) is -0.567. The van der Waals surface area contributed by atoms with Gasteiger partial charge in [0.2, 0.25) is 0 Å². The Bertz CT molecular complexity index is 87.4. The smallest absolute Gasteiger partial charge is 0.321 e. The number of nitrogens with two attached hydrogens (primary N) is 1. The second-order valence-electron chi connectivity index (χ2n) is 1.26. The van der Waals surface area contributed by atoms with Gasteiger partial charge in [-0.1, -0.05) is 0 Å². The first kappa shape index (κ1) is 8.13. The van der Waals surface area contributed by atoms with Crippen LogP contribution >= 0.6 is 10.8 Å². The third-order valence-corrected chi connectivity index (χ3v) is 1.61. The Hall–Kier alpha value is 0.130. The van der Waals surface area contributed by atoms with Gasteiger partial charge in [0.05, 0.1) is 16.5 Å². The van der Waals surface area contributed by atoms with Crippen LogP contribution in [-0.4, -0.2) is 22.9 Å². The van der Waals surface area contributed by atoms with Gasteiger partial charge < -0.3 is 10.8 Å².